The van der Waals surface area contributed by atoms with Gasteiger partial charge in [-0.25, -0.2) is 9.97 Å². The quantitative estimate of drug-likeness (QED) is 0.381. The fraction of sp³-hybridized carbons (Fsp3) is 0. The standard InChI is InChI=1S/C22H14N6OS/c29-14-8-13(9-23-10-14)16-4-5-18-20(24-16)21(28-27-18)22-25-17-3-1-2-15(19(17)26-22)12-6-7-30-11-12/h1-11,29H,(H,25,26)(H,27,28). The fourth-order valence-electron chi connectivity index (χ4n) is 3.59. The number of hydrogen-bond acceptors (Lipinski definition) is 6. The van der Waals surface area contributed by atoms with E-state index >= 15 is 0 Å². The number of hydrogen-bond donors (Lipinski definition) is 3. The number of rotatable bonds is 3. The largest absolute Gasteiger partial charge is 0.506 e. The van der Waals surface area contributed by atoms with Crippen LogP contribution in [0.1, 0.15) is 0 Å². The Morgan fingerprint density at radius 1 is 0.900 bits per heavy atom. The molecule has 0 aliphatic heterocycles. The number of pyridine rings is 2. The number of fused-ring (bicyclic) bond motifs is 2. The van der Waals surface area contributed by atoms with Crippen LogP contribution in [-0.2, 0) is 0 Å². The van der Waals surface area contributed by atoms with Gasteiger partial charge in [-0.2, -0.15) is 16.4 Å². The molecule has 30 heavy (non-hydrogen) atoms. The van der Waals surface area contributed by atoms with Gasteiger partial charge in [-0.1, -0.05) is 12.1 Å². The molecule has 6 aromatic rings. The number of H-pyrrole nitrogens is 2. The number of nitrogens with zero attached hydrogens (tertiary/aromatic N) is 4. The highest BCUT2D eigenvalue weighted by atomic mass is 32.1. The molecule has 8 heteroatoms. The van der Waals surface area contributed by atoms with E-state index in [0.717, 1.165) is 33.2 Å². The monoisotopic (exact) mass is 410 g/mol. The first-order chi connectivity index (χ1) is 14.8. The smallest absolute Gasteiger partial charge is 0.161 e. The second-order valence-electron chi connectivity index (χ2n) is 6.90. The minimum absolute atomic E-state index is 0.0973. The highest BCUT2D eigenvalue weighted by Gasteiger charge is 2.17. The molecular weight excluding hydrogens is 396 g/mol. The molecule has 0 bridgehead atoms. The van der Waals surface area contributed by atoms with Gasteiger partial charge in [0.25, 0.3) is 0 Å². The minimum Gasteiger partial charge on any atom is -0.506 e. The van der Waals surface area contributed by atoms with Crippen LogP contribution in [0.5, 0.6) is 5.75 Å². The van der Waals surface area contributed by atoms with Gasteiger partial charge in [-0.05, 0) is 46.7 Å². The van der Waals surface area contributed by atoms with Crippen molar-refractivity contribution in [1.82, 2.24) is 30.1 Å². The maximum absolute atomic E-state index is 9.74. The van der Waals surface area contributed by atoms with Crippen molar-refractivity contribution in [3.05, 3.63) is 65.6 Å². The average Bonchev–Trinajstić information content (AvgIpc) is 3.51. The van der Waals surface area contributed by atoms with Crippen molar-refractivity contribution in [2.45, 2.75) is 0 Å². The molecule has 0 aliphatic rings. The second-order valence-corrected chi connectivity index (χ2v) is 7.68. The summed E-state index contributed by atoms with van der Waals surface area (Å²) < 4.78 is 0. The Morgan fingerprint density at radius 2 is 1.87 bits per heavy atom. The minimum atomic E-state index is 0.0973. The molecular formula is C22H14N6OS. The third-order valence-corrected chi connectivity index (χ3v) is 5.68. The van der Waals surface area contributed by atoms with E-state index in [9.17, 15) is 5.11 Å². The van der Waals surface area contributed by atoms with E-state index in [1.54, 1.807) is 23.6 Å². The average molecular weight is 410 g/mol. The lowest BCUT2D eigenvalue weighted by Gasteiger charge is -2.01. The van der Waals surface area contributed by atoms with E-state index in [-0.39, 0.29) is 5.75 Å². The molecule has 0 radical (unpaired) electrons. The lowest BCUT2D eigenvalue weighted by Crippen LogP contribution is -1.87. The molecule has 7 nitrogen and oxygen atoms in total. The Hall–Kier alpha value is -4.04. The summed E-state index contributed by atoms with van der Waals surface area (Å²) in [6, 6.07) is 13.6. The van der Waals surface area contributed by atoms with E-state index < -0.39 is 0 Å². The first-order valence-corrected chi connectivity index (χ1v) is 10.2. The molecule has 0 aliphatic carbocycles. The molecule has 0 saturated carbocycles. The Kier molecular flexibility index (Phi) is 3.65. The number of aromatic amines is 2. The van der Waals surface area contributed by atoms with Crippen LogP contribution in [0, 0.1) is 0 Å². The van der Waals surface area contributed by atoms with Gasteiger partial charge in [-0.15, -0.1) is 0 Å². The van der Waals surface area contributed by atoms with E-state index in [0.29, 0.717) is 22.7 Å². The number of benzene rings is 1. The van der Waals surface area contributed by atoms with Crippen LogP contribution in [0.25, 0.3) is 56.0 Å². The zero-order valence-corrected chi connectivity index (χ0v) is 16.3. The van der Waals surface area contributed by atoms with Crippen LogP contribution in [0.15, 0.2) is 65.6 Å². The van der Waals surface area contributed by atoms with Crippen molar-refractivity contribution in [3.63, 3.8) is 0 Å². The molecule has 0 amide bonds. The third kappa shape index (κ3) is 2.66. The summed E-state index contributed by atoms with van der Waals surface area (Å²) in [6.45, 7) is 0. The summed E-state index contributed by atoms with van der Waals surface area (Å²) in [5, 5.41) is 21.4. The van der Waals surface area contributed by atoms with Crippen molar-refractivity contribution in [2.75, 3.05) is 0 Å². The normalized spacial score (nSPS) is 11.5. The number of aromatic hydroxyl groups is 1. The van der Waals surface area contributed by atoms with Crippen LogP contribution < -0.4 is 0 Å². The summed E-state index contributed by atoms with van der Waals surface area (Å²) >= 11 is 1.66. The molecule has 1 aromatic carbocycles. The van der Waals surface area contributed by atoms with E-state index in [1.807, 2.05) is 24.3 Å². The van der Waals surface area contributed by atoms with Crippen molar-refractivity contribution >= 4 is 33.4 Å². The van der Waals surface area contributed by atoms with Gasteiger partial charge in [0.15, 0.2) is 11.5 Å². The summed E-state index contributed by atoms with van der Waals surface area (Å²) in [6.07, 6.45) is 3.06. The number of para-hydroxylation sites is 1. The van der Waals surface area contributed by atoms with Gasteiger partial charge in [-0.3, -0.25) is 10.1 Å². The first-order valence-electron chi connectivity index (χ1n) is 9.27. The Labute approximate surface area is 174 Å². The van der Waals surface area contributed by atoms with Crippen molar-refractivity contribution in [1.29, 1.82) is 0 Å². The van der Waals surface area contributed by atoms with Gasteiger partial charge in [0.05, 0.1) is 28.4 Å². The molecule has 0 unspecified atom stereocenters. The first kappa shape index (κ1) is 16.9. The van der Waals surface area contributed by atoms with Crippen LogP contribution in [0.4, 0.5) is 0 Å². The Balaban J connectivity index is 1.52. The van der Waals surface area contributed by atoms with Crippen LogP contribution in [-0.4, -0.2) is 35.2 Å². The summed E-state index contributed by atoms with van der Waals surface area (Å²) in [5.41, 5.74) is 7.65. The SMILES string of the molecule is Oc1cncc(-c2ccc3[nH]nc(-c4nc5c(-c6ccsc6)cccc5[nH]4)c3n2)c1. The maximum Gasteiger partial charge on any atom is 0.161 e. The summed E-state index contributed by atoms with van der Waals surface area (Å²) in [5.74, 6) is 0.748. The molecule has 3 N–H and O–H groups in total. The van der Waals surface area contributed by atoms with Gasteiger partial charge < -0.3 is 10.1 Å². The molecule has 6 rings (SSSR count). The second kappa shape index (κ2) is 6.50. The number of imidazole rings is 1. The van der Waals surface area contributed by atoms with Gasteiger partial charge in [0.1, 0.15) is 11.3 Å². The highest BCUT2D eigenvalue weighted by Crippen LogP contribution is 2.32. The van der Waals surface area contributed by atoms with Crippen LogP contribution in [0.2, 0.25) is 0 Å². The molecule has 0 fully saturated rings. The van der Waals surface area contributed by atoms with Crippen LogP contribution >= 0.6 is 11.3 Å². The van der Waals surface area contributed by atoms with Crippen molar-refractivity contribution < 1.29 is 5.11 Å². The molecule has 0 spiro atoms. The molecule has 144 valence electrons. The highest BCUT2D eigenvalue weighted by molar-refractivity contribution is 7.08. The van der Waals surface area contributed by atoms with Crippen molar-refractivity contribution in [2.24, 2.45) is 0 Å². The number of nitrogens with one attached hydrogen (secondary N) is 2. The molecule has 0 saturated heterocycles. The van der Waals surface area contributed by atoms with Gasteiger partial charge in [0, 0.05) is 17.3 Å². The van der Waals surface area contributed by atoms with Gasteiger partial charge >= 0.3 is 0 Å². The van der Waals surface area contributed by atoms with Crippen molar-refractivity contribution in [3.8, 4) is 39.7 Å². The predicted molar refractivity (Wildman–Crippen MR) is 117 cm³/mol. The molecule has 5 heterocycles. The number of thiophene rings is 1. The zero-order valence-electron chi connectivity index (χ0n) is 15.5. The Bertz CT molecular complexity index is 1520. The summed E-state index contributed by atoms with van der Waals surface area (Å²) in [7, 11) is 0. The lowest BCUT2D eigenvalue weighted by molar-refractivity contribution is 0.473. The van der Waals surface area contributed by atoms with E-state index in [1.165, 1.54) is 6.20 Å². The van der Waals surface area contributed by atoms with Gasteiger partial charge in [0.2, 0.25) is 0 Å². The Morgan fingerprint density at radius 3 is 2.73 bits per heavy atom. The van der Waals surface area contributed by atoms with E-state index in [2.05, 4.69) is 43.1 Å². The number of aromatic nitrogens is 6. The predicted octanol–water partition coefficient (Wildman–Crippen LogP) is 5.00. The summed E-state index contributed by atoms with van der Waals surface area (Å²) in [4.78, 5) is 17.0. The molecule has 5 aromatic heterocycles. The topological polar surface area (TPSA) is 103 Å². The van der Waals surface area contributed by atoms with E-state index in [4.69, 9.17) is 9.97 Å². The maximum atomic E-state index is 9.74. The third-order valence-electron chi connectivity index (χ3n) is 5.00. The molecule has 0 atom stereocenters. The zero-order chi connectivity index (χ0) is 20.1. The van der Waals surface area contributed by atoms with Crippen LogP contribution in [0.3, 0.4) is 0 Å². The fourth-order valence-corrected chi connectivity index (χ4v) is 4.24. The lowest BCUT2D eigenvalue weighted by atomic mass is 10.1.